The van der Waals surface area contributed by atoms with Crippen molar-refractivity contribution >= 4 is 17.7 Å². The lowest BCUT2D eigenvalue weighted by atomic mass is 10.2. The maximum atomic E-state index is 11.7. The second kappa shape index (κ2) is 6.03. The fraction of sp³-hybridized carbons (Fsp3) is 0.417. The first kappa shape index (κ1) is 14.7. The highest BCUT2D eigenvalue weighted by atomic mass is 16.5. The molecule has 0 unspecified atom stereocenters. The topological polar surface area (TPSA) is 106 Å². The van der Waals surface area contributed by atoms with Crippen molar-refractivity contribution in [3.05, 3.63) is 17.0 Å². The molecule has 2 N–H and O–H groups in total. The van der Waals surface area contributed by atoms with Crippen molar-refractivity contribution in [2.24, 2.45) is 0 Å². The normalized spacial score (nSPS) is 10.1. The summed E-state index contributed by atoms with van der Waals surface area (Å²) in [5.41, 5.74) is -0.294. The van der Waals surface area contributed by atoms with Crippen LogP contribution in [0, 0.1) is 6.92 Å². The number of carbonyl (C=O) groups excluding carboxylic acids is 3. The van der Waals surface area contributed by atoms with Crippen LogP contribution in [0.2, 0.25) is 0 Å². The number of aromatic hydroxyl groups is 1. The van der Waals surface area contributed by atoms with Crippen molar-refractivity contribution in [2.45, 2.75) is 20.8 Å². The highest BCUT2D eigenvalue weighted by Crippen LogP contribution is 2.27. The lowest BCUT2D eigenvalue weighted by molar-refractivity contribution is -0.137. The van der Waals surface area contributed by atoms with Gasteiger partial charge in [0, 0.05) is 5.69 Å². The molecule has 7 nitrogen and oxygen atoms in total. The van der Waals surface area contributed by atoms with Crippen LogP contribution >= 0.6 is 0 Å². The zero-order valence-electron chi connectivity index (χ0n) is 10.9. The van der Waals surface area contributed by atoms with Gasteiger partial charge in [0.2, 0.25) is 0 Å². The Morgan fingerprint density at radius 1 is 1.16 bits per heavy atom. The van der Waals surface area contributed by atoms with Crippen molar-refractivity contribution in [2.75, 3.05) is 13.2 Å². The van der Waals surface area contributed by atoms with Crippen LogP contribution in [0.3, 0.4) is 0 Å². The number of rotatable bonds is 5. The van der Waals surface area contributed by atoms with Gasteiger partial charge in [-0.15, -0.1) is 0 Å². The number of Topliss-reactive ketones (excluding diaryl/α,β-unsaturated/α-hetero) is 1. The first-order valence-electron chi connectivity index (χ1n) is 5.74. The van der Waals surface area contributed by atoms with Crippen LogP contribution in [0.4, 0.5) is 0 Å². The van der Waals surface area contributed by atoms with Crippen molar-refractivity contribution in [1.82, 2.24) is 4.98 Å². The molecule has 1 rings (SSSR count). The number of aromatic nitrogens is 1. The van der Waals surface area contributed by atoms with Crippen LogP contribution in [-0.4, -0.2) is 41.0 Å². The third kappa shape index (κ3) is 2.93. The molecule has 0 aliphatic heterocycles. The summed E-state index contributed by atoms with van der Waals surface area (Å²) in [6.07, 6.45) is 0. The monoisotopic (exact) mass is 269 g/mol. The van der Waals surface area contributed by atoms with Crippen LogP contribution in [0.5, 0.6) is 5.75 Å². The zero-order chi connectivity index (χ0) is 14.6. The standard InChI is InChI=1S/C12H15NO6/c1-4-18-11(16)7-6(3)13-8(9(7)14)10(15)12(17)19-5-2/h13-14H,4-5H2,1-3H3. The summed E-state index contributed by atoms with van der Waals surface area (Å²) in [5, 5.41) is 9.83. The Balaban J connectivity index is 3.12. The highest BCUT2D eigenvalue weighted by Gasteiger charge is 2.29. The molecule has 0 radical (unpaired) electrons. The highest BCUT2D eigenvalue weighted by molar-refractivity contribution is 6.41. The first-order valence-corrected chi connectivity index (χ1v) is 5.74. The van der Waals surface area contributed by atoms with Crippen LogP contribution in [-0.2, 0) is 14.3 Å². The van der Waals surface area contributed by atoms with Gasteiger partial charge in [0.15, 0.2) is 5.75 Å². The van der Waals surface area contributed by atoms with Gasteiger partial charge in [0.25, 0.3) is 5.78 Å². The van der Waals surface area contributed by atoms with Gasteiger partial charge in [-0.05, 0) is 20.8 Å². The Labute approximate surface area is 109 Å². The number of aromatic amines is 1. The number of carbonyl (C=O) groups is 3. The van der Waals surface area contributed by atoms with E-state index in [1.165, 1.54) is 6.92 Å². The Morgan fingerprint density at radius 2 is 1.74 bits per heavy atom. The van der Waals surface area contributed by atoms with Crippen LogP contribution < -0.4 is 0 Å². The maximum absolute atomic E-state index is 11.7. The quantitative estimate of drug-likeness (QED) is 0.468. The number of H-pyrrole nitrogens is 1. The maximum Gasteiger partial charge on any atom is 0.381 e. The van der Waals surface area contributed by atoms with Crippen LogP contribution in [0.25, 0.3) is 0 Å². The van der Waals surface area contributed by atoms with Gasteiger partial charge >= 0.3 is 11.9 Å². The van der Waals surface area contributed by atoms with Gasteiger partial charge in [0.1, 0.15) is 11.3 Å². The van der Waals surface area contributed by atoms with E-state index in [9.17, 15) is 19.5 Å². The third-order valence-corrected chi connectivity index (χ3v) is 2.33. The minimum absolute atomic E-state index is 0.0375. The molecule has 0 saturated heterocycles. The fourth-order valence-corrected chi connectivity index (χ4v) is 1.53. The molecule has 0 bridgehead atoms. The molecule has 1 aromatic rings. The molecule has 0 aliphatic carbocycles. The average Bonchev–Trinajstić information content (AvgIpc) is 2.64. The lowest BCUT2D eigenvalue weighted by Crippen LogP contribution is -2.18. The third-order valence-electron chi connectivity index (χ3n) is 2.33. The van der Waals surface area contributed by atoms with E-state index in [0.717, 1.165) is 0 Å². The van der Waals surface area contributed by atoms with E-state index < -0.39 is 23.5 Å². The molecule has 19 heavy (non-hydrogen) atoms. The molecule has 7 heteroatoms. The number of hydrogen-bond acceptors (Lipinski definition) is 6. The minimum Gasteiger partial charge on any atom is -0.505 e. The van der Waals surface area contributed by atoms with E-state index in [-0.39, 0.29) is 30.2 Å². The summed E-state index contributed by atoms with van der Waals surface area (Å²) in [6, 6.07) is 0. The number of ketones is 1. The SMILES string of the molecule is CCOC(=O)C(=O)c1[nH]c(C)c(C(=O)OCC)c1O. The molecular weight excluding hydrogens is 254 g/mol. The molecule has 104 valence electrons. The lowest BCUT2D eigenvalue weighted by Gasteiger charge is -2.01. The van der Waals surface area contributed by atoms with Gasteiger partial charge in [-0.3, -0.25) is 4.79 Å². The number of ether oxygens (including phenoxy) is 2. The first-order chi connectivity index (χ1) is 8.93. The summed E-state index contributed by atoms with van der Waals surface area (Å²) < 4.78 is 9.28. The molecule has 1 aromatic heterocycles. The number of esters is 2. The van der Waals surface area contributed by atoms with E-state index in [1.807, 2.05) is 0 Å². The van der Waals surface area contributed by atoms with E-state index in [4.69, 9.17) is 4.74 Å². The van der Waals surface area contributed by atoms with E-state index >= 15 is 0 Å². The number of aryl methyl sites for hydroxylation is 1. The number of nitrogens with one attached hydrogen (secondary N) is 1. The Bertz CT molecular complexity index is 517. The summed E-state index contributed by atoms with van der Waals surface area (Å²) >= 11 is 0. The van der Waals surface area contributed by atoms with Crippen LogP contribution in [0.15, 0.2) is 0 Å². The second-order valence-corrected chi connectivity index (χ2v) is 3.62. The van der Waals surface area contributed by atoms with E-state index in [2.05, 4.69) is 9.72 Å². The Hall–Kier alpha value is -2.31. The molecule has 0 atom stereocenters. The predicted molar refractivity (Wildman–Crippen MR) is 64.1 cm³/mol. The smallest absolute Gasteiger partial charge is 0.381 e. The van der Waals surface area contributed by atoms with Crippen molar-refractivity contribution < 1.29 is 29.0 Å². The molecule has 0 fully saturated rings. The van der Waals surface area contributed by atoms with Gasteiger partial charge in [0.05, 0.1) is 13.2 Å². The second-order valence-electron chi connectivity index (χ2n) is 3.62. The molecule has 0 aliphatic rings. The summed E-state index contributed by atoms with van der Waals surface area (Å²) in [5.74, 6) is -3.52. The van der Waals surface area contributed by atoms with Crippen molar-refractivity contribution in [3.63, 3.8) is 0 Å². The summed E-state index contributed by atoms with van der Waals surface area (Å²) in [6.45, 7) is 4.81. The Kier molecular flexibility index (Phi) is 4.68. The van der Waals surface area contributed by atoms with Gasteiger partial charge in [-0.2, -0.15) is 0 Å². The van der Waals surface area contributed by atoms with Gasteiger partial charge in [-0.1, -0.05) is 0 Å². The minimum atomic E-state index is -1.10. The van der Waals surface area contributed by atoms with E-state index in [1.54, 1.807) is 13.8 Å². The Morgan fingerprint density at radius 3 is 2.26 bits per heavy atom. The van der Waals surface area contributed by atoms with Crippen LogP contribution in [0.1, 0.15) is 40.4 Å². The molecule has 0 amide bonds. The molecule has 1 heterocycles. The van der Waals surface area contributed by atoms with Gasteiger partial charge in [-0.25, -0.2) is 9.59 Å². The average molecular weight is 269 g/mol. The predicted octanol–water partition coefficient (Wildman–Crippen LogP) is 0.951. The summed E-state index contributed by atoms with van der Waals surface area (Å²) in [4.78, 5) is 37.1. The molecule has 0 aromatic carbocycles. The molecule has 0 spiro atoms. The zero-order valence-corrected chi connectivity index (χ0v) is 10.9. The number of hydrogen-bond donors (Lipinski definition) is 2. The van der Waals surface area contributed by atoms with Gasteiger partial charge < -0.3 is 19.6 Å². The largest absolute Gasteiger partial charge is 0.505 e. The van der Waals surface area contributed by atoms with Crippen molar-refractivity contribution in [3.8, 4) is 5.75 Å². The van der Waals surface area contributed by atoms with Crippen molar-refractivity contribution in [1.29, 1.82) is 0 Å². The summed E-state index contributed by atoms with van der Waals surface area (Å²) in [7, 11) is 0. The molecular formula is C12H15NO6. The molecule has 0 saturated carbocycles. The van der Waals surface area contributed by atoms with E-state index in [0.29, 0.717) is 0 Å². The fourth-order valence-electron chi connectivity index (χ4n) is 1.53.